The van der Waals surface area contributed by atoms with Crippen LogP contribution in [0.2, 0.25) is 0 Å². The maximum atomic E-state index is 11.2. The average molecular weight is 308 g/mol. The van der Waals surface area contributed by atoms with Gasteiger partial charge in [-0.1, -0.05) is 0 Å². The molecule has 14 heavy (non-hydrogen) atoms. The highest BCUT2D eigenvalue weighted by Gasteiger charge is 2.32. The molecule has 0 saturated carbocycles. The molecular formula is C9H13IN2O2. The largest absolute Gasteiger partial charge is 0.331 e. The van der Waals surface area contributed by atoms with Crippen molar-refractivity contribution in [2.75, 3.05) is 26.2 Å². The highest BCUT2D eigenvalue weighted by molar-refractivity contribution is 14.1. The maximum Gasteiger partial charge on any atom is 0.283 e. The van der Waals surface area contributed by atoms with E-state index in [1.165, 1.54) is 0 Å². The number of Topliss-reactive ketones (excluding diaryl/α,β-unsaturated/α-hetero) is 1. The summed E-state index contributed by atoms with van der Waals surface area (Å²) in [4.78, 5) is 26.5. The third kappa shape index (κ3) is 2.08. The molecule has 78 valence electrons. The van der Waals surface area contributed by atoms with Crippen LogP contribution in [0.5, 0.6) is 0 Å². The zero-order valence-corrected chi connectivity index (χ0v) is 10.1. The molecule has 0 radical (unpaired) electrons. The van der Waals surface area contributed by atoms with Crippen molar-refractivity contribution < 1.29 is 9.59 Å². The fourth-order valence-corrected chi connectivity index (χ4v) is 2.61. The fraction of sp³-hybridized carbons (Fsp3) is 0.778. The van der Waals surface area contributed by atoms with E-state index in [0.29, 0.717) is 24.8 Å². The first-order valence-electron chi connectivity index (χ1n) is 4.87. The Bertz CT molecular complexity index is 270. The molecule has 2 fully saturated rings. The van der Waals surface area contributed by atoms with Crippen molar-refractivity contribution in [2.24, 2.45) is 0 Å². The van der Waals surface area contributed by atoms with Crippen molar-refractivity contribution >= 4 is 32.3 Å². The lowest BCUT2D eigenvalue weighted by atomic mass is 9.99. The SMILES string of the molecule is O=C1CCC2CN(C(=O)I)CCN2C1. The summed E-state index contributed by atoms with van der Waals surface area (Å²) in [5.74, 6) is 0.343. The molecular weight excluding hydrogens is 295 g/mol. The predicted octanol–water partition coefficient (Wildman–Crippen LogP) is 0.891. The van der Waals surface area contributed by atoms with Crippen molar-refractivity contribution in [3.05, 3.63) is 0 Å². The number of halogens is 1. The van der Waals surface area contributed by atoms with Crippen molar-refractivity contribution in [3.8, 4) is 0 Å². The number of hydrogen-bond acceptors (Lipinski definition) is 3. The third-order valence-corrected chi connectivity index (χ3v) is 3.67. The van der Waals surface area contributed by atoms with E-state index in [0.717, 1.165) is 26.1 Å². The molecule has 2 heterocycles. The summed E-state index contributed by atoms with van der Waals surface area (Å²) < 4.78 is 0.124. The van der Waals surface area contributed by atoms with Crippen molar-refractivity contribution in [1.82, 2.24) is 9.80 Å². The van der Waals surface area contributed by atoms with Gasteiger partial charge in [0.25, 0.3) is 3.91 Å². The first-order chi connectivity index (χ1) is 6.66. The van der Waals surface area contributed by atoms with E-state index in [1.807, 2.05) is 27.5 Å². The molecule has 2 aliphatic heterocycles. The lowest BCUT2D eigenvalue weighted by Gasteiger charge is -2.42. The maximum absolute atomic E-state index is 11.2. The minimum atomic E-state index is 0.124. The van der Waals surface area contributed by atoms with Gasteiger partial charge < -0.3 is 4.90 Å². The minimum absolute atomic E-state index is 0.124. The van der Waals surface area contributed by atoms with Crippen LogP contribution in [0.1, 0.15) is 12.8 Å². The van der Waals surface area contributed by atoms with Crippen LogP contribution < -0.4 is 0 Å². The Kier molecular flexibility index (Phi) is 3.06. The van der Waals surface area contributed by atoms with Gasteiger partial charge in [0, 0.05) is 54.7 Å². The van der Waals surface area contributed by atoms with Crippen molar-refractivity contribution in [3.63, 3.8) is 0 Å². The van der Waals surface area contributed by atoms with Crippen LogP contribution >= 0.6 is 22.6 Å². The topological polar surface area (TPSA) is 40.6 Å². The summed E-state index contributed by atoms with van der Waals surface area (Å²) in [5.41, 5.74) is 0. The zero-order chi connectivity index (χ0) is 10.1. The standard InChI is InChI=1S/C9H13IN2O2/c10-9(14)12-4-3-11-6-8(13)2-1-7(11)5-12/h7H,1-6H2. The van der Waals surface area contributed by atoms with Crippen LogP contribution in [0.15, 0.2) is 0 Å². The molecule has 0 bridgehead atoms. The van der Waals surface area contributed by atoms with Crippen LogP contribution in [-0.4, -0.2) is 51.7 Å². The first kappa shape index (κ1) is 10.4. The Morgan fingerprint density at radius 1 is 1.43 bits per heavy atom. The summed E-state index contributed by atoms with van der Waals surface area (Å²) >= 11 is 1.83. The monoisotopic (exact) mass is 308 g/mol. The second-order valence-electron chi connectivity index (χ2n) is 3.90. The Morgan fingerprint density at radius 3 is 2.93 bits per heavy atom. The molecule has 1 amide bonds. The number of ketones is 1. The van der Waals surface area contributed by atoms with Gasteiger partial charge in [-0.3, -0.25) is 14.5 Å². The number of piperazine rings is 1. The normalized spacial score (nSPS) is 28.8. The molecule has 0 aromatic carbocycles. The number of hydrogen-bond donors (Lipinski definition) is 0. The molecule has 2 aliphatic rings. The smallest absolute Gasteiger partial charge is 0.283 e. The van der Waals surface area contributed by atoms with E-state index in [4.69, 9.17) is 0 Å². The highest BCUT2D eigenvalue weighted by atomic mass is 127. The molecule has 2 rings (SSSR count). The van der Waals surface area contributed by atoms with Gasteiger partial charge in [-0.05, 0) is 6.42 Å². The molecule has 2 saturated heterocycles. The zero-order valence-electron chi connectivity index (χ0n) is 7.91. The quantitative estimate of drug-likeness (QED) is 0.379. The summed E-state index contributed by atoms with van der Waals surface area (Å²) in [5, 5.41) is 0. The fourth-order valence-electron chi connectivity index (χ4n) is 2.17. The van der Waals surface area contributed by atoms with Gasteiger partial charge >= 0.3 is 0 Å². The predicted molar refractivity (Wildman–Crippen MR) is 60.6 cm³/mol. The van der Waals surface area contributed by atoms with Crippen molar-refractivity contribution in [2.45, 2.75) is 18.9 Å². The number of nitrogens with zero attached hydrogens (tertiary/aromatic N) is 2. The highest BCUT2D eigenvalue weighted by Crippen LogP contribution is 2.20. The number of rotatable bonds is 0. The summed E-state index contributed by atoms with van der Waals surface area (Å²) in [6.45, 7) is 3.01. The van der Waals surface area contributed by atoms with Gasteiger partial charge in [-0.15, -0.1) is 0 Å². The van der Waals surface area contributed by atoms with Crippen LogP contribution in [0.4, 0.5) is 4.79 Å². The first-order valence-corrected chi connectivity index (χ1v) is 5.95. The Hall–Kier alpha value is -0.170. The lowest BCUT2D eigenvalue weighted by molar-refractivity contribution is -0.124. The second-order valence-corrected chi connectivity index (χ2v) is 4.82. The van der Waals surface area contributed by atoms with E-state index in [1.54, 1.807) is 0 Å². The van der Waals surface area contributed by atoms with Gasteiger partial charge in [-0.2, -0.15) is 0 Å². The number of fused-ring (bicyclic) bond motifs is 1. The van der Waals surface area contributed by atoms with Crippen LogP contribution in [-0.2, 0) is 4.79 Å². The molecule has 1 atom stereocenters. The molecule has 0 aliphatic carbocycles. The van der Waals surface area contributed by atoms with Gasteiger partial charge in [0.1, 0.15) is 5.78 Å². The number of piperidine rings is 1. The minimum Gasteiger partial charge on any atom is -0.331 e. The van der Waals surface area contributed by atoms with E-state index in [2.05, 4.69) is 4.90 Å². The second kappa shape index (κ2) is 4.14. The Labute approximate surface area is 96.8 Å². The van der Waals surface area contributed by atoms with Gasteiger partial charge in [0.2, 0.25) is 0 Å². The van der Waals surface area contributed by atoms with Gasteiger partial charge in [-0.25, -0.2) is 0 Å². The van der Waals surface area contributed by atoms with E-state index in [9.17, 15) is 9.59 Å². The summed E-state index contributed by atoms with van der Waals surface area (Å²) in [7, 11) is 0. The molecule has 4 nitrogen and oxygen atoms in total. The van der Waals surface area contributed by atoms with Crippen LogP contribution in [0.3, 0.4) is 0 Å². The molecule has 0 aromatic rings. The third-order valence-electron chi connectivity index (χ3n) is 2.99. The summed E-state index contributed by atoms with van der Waals surface area (Å²) in [6.07, 6.45) is 1.60. The Morgan fingerprint density at radius 2 is 2.21 bits per heavy atom. The van der Waals surface area contributed by atoms with Crippen molar-refractivity contribution in [1.29, 1.82) is 0 Å². The van der Waals surface area contributed by atoms with E-state index >= 15 is 0 Å². The summed E-state index contributed by atoms with van der Waals surface area (Å²) in [6, 6.07) is 0.417. The van der Waals surface area contributed by atoms with E-state index < -0.39 is 0 Å². The average Bonchev–Trinajstić information content (AvgIpc) is 2.16. The number of carbonyl (C=O) groups excluding carboxylic acids is 2. The number of amides is 1. The number of carbonyl (C=O) groups is 2. The van der Waals surface area contributed by atoms with Gasteiger partial charge in [0.05, 0.1) is 6.54 Å². The molecule has 0 spiro atoms. The Balaban J connectivity index is 1.98. The van der Waals surface area contributed by atoms with Gasteiger partial charge in [0.15, 0.2) is 0 Å². The molecule has 1 unspecified atom stereocenters. The van der Waals surface area contributed by atoms with E-state index in [-0.39, 0.29) is 3.91 Å². The molecule has 5 heteroatoms. The van der Waals surface area contributed by atoms with Crippen LogP contribution in [0, 0.1) is 0 Å². The molecule has 0 N–H and O–H groups in total. The molecule has 0 aromatic heterocycles. The lowest BCUT2D eigenvalue weighted by Crippen LogP contribution is -2.56. The van der Waals surface area contributed by atoms with Crippen LogP contribution in [0.25, 0.3) is 0 Å².